The van der Waals surface area contributed by atoms with Crippen molar-refractivity contribution in [3.05, 3.63) is 16.1 Å². The summed E-state index contributed by atoms with van der Waals surface area (Å²) in [4.78, 5) is 55.0. The molecule has 0 radical (unpaired) electrons. The summed E-state index contributed by atoms with van der Waals surface area (Å²) >= 11 is 1.33. The van der Waals surface area contributed by atoms with Crippen LogP contribution in [-0.2, 0) is 14.4 Å². The number of nitrogens with one attached hydrogen (secondary N) is 2. The molecule has 1 saturated heterocycles. The summed E-state index contributed by atoms with van der Waals surface area (Å²) in [5.41, 5.74) is 5.69. The fourth-order valence-electron chi connectivity index (χ4n) is 3.46. The average Bonchev–Trinajstić information content (AvgIpc) is 3.12. The fraction of sp³-hybridized carbons (Fsp3) is 0.632. The Morgan fingerprint density at radius 3 is 2.60 bits per heavy atom. The molecule has 166 valence electrons. The highest BCUT2D eigenvalue weighted by Gasteiger charge is 2.38. The van der Waals surface area contributed by atoms with Crippen LogP contribution < -0.4 is 16.4 Å². The second-order valence-electron chi connectivity index (χ2n) is 7.81. The zero-order valence-corrected chi connectivity index (χ0v) is 18.2. The molecule has 0 aliphatic carbocycles. The molecule has 1 aliphatic rings. The van der Waals surface area contributed by atoms with Crippen molar-refractivity contribution < 1.29 is 24.3 Å². The highest BCUT2D eigenvalue weighted by Crippen LogP contribution is 2.22. The lowest BCUT2D eigenvalue weighted by Gasteiger charge is -2.39. The first-order chi connectivity index (χ1) is 14.1. The van der Waals surface area contributed by atoms with Gasteiger partial charge in [-0.15, -0.1) is 11.3 Å². The number of thiazole rings is 1. The Labute approximate surface area is 179 Å². The Kier molecular flexibility index (Phi) is 8.30. The molecule has 3 unspecified atom stereocenters. The van der Waals surface area contributed by atoms with Crippen molar-refractivity contribution in [1.82, 2.24) is 20.5 Å². The van der Waals surface area contributed by atoms with E-state index in [1.807, 2.05) is 13.8 Å². The topological polar surface area (TPSA) is 155 Å². The van der Waals surface area contributed by atoms with Gasteiger partial charge in [0.05, 0.1) is 5.01 Å². The molecular weight excluding hydrogens is 410 g/mol. The molecule has 11 heteroatoms. The standard InChI is InChI=1S/C19H29N5O5S/c1-10(2)6-13(17(20)27)23-18(28)15-7-12(22-16(26)8-25)4-5-24(15)19(29)14-9-30-11(3)21-14/h9-10,12-13,15,25H,4-8H2,1-3H3,(H2,20,27)(H,22,26)(H,23,28). The molecule has 0 aromatic carbocycles. The predicted molar refractivity (Wildman–Crippen MR) is 111 cm³/mol. The summed E-state index contributed by atoms with van der Waals surface area (Å²) in [5, 5.41) is 16.7. The van der Waals surface area contributed by atoms with Gasteiger partial charge in [-0.3, -0.25) is 19.2 Å². The smallest absolute Gasteiger partial charge is 0.274 e. The number of aryl methyl sites for hydroxylation is 1. The van der Waals surface area contributed by atoms with Gasteiger partial charge in [0.2, 0.25) is 17.7 Å². The molecule has 1 fully saturated rings. The van der Waals surface area contributed by atoms with Crippen molar-refractivity contribution in [2.75, 3.05) is 13.2 Å². The molecule has 0 saturated carbocycles. The zero-order valence-electron chi connectivity index (χ0n) is 17.4. The third-order valence-electron chi connectivity index (χ3n) is 4.88. The van der Waals surface area contributed by atoms with Crippen LogP contribution in [0.15, 0.2) is 5.38 Å². The molecule has 0 bridgehead atoms. The Hall–Kier alpha value is -2.53. The van der Waals surface area contributed by atoms with Gasteiger partial charge in [-0.2, -0.15) is 0 Å². The third kappa shape index (κ3) is 6.23. The van der Waals surface area contributed by atoms with E-state index >= 15 is 0 Å². The molecule has 2 rings (SSSR count). The minimum Gasteiger partial charge on any atom is -0.387 e. The van der Waals surface area contributed by atoms with E-state index < -0.39 is 42.5 Å². The van der Waals surface area contributed by atoms with Crippen LogP contribution in [0.25, 0.3) is 0 Å². The molecule has 4 amide bonds. The van der Waals surface area contributed by atoms with Gasteiger partial charge in [-0.1, -0.05) is 13.8 Å². The van der Waals surface area contributed by atoms with Crippen molar-refractivity contribution in [3.63, 3.8) is 0 Å². The Bertz CT molecular complexity index is 796. The highest BCUT2D eigenvalue weighted by molar-refractivity contribution is 7.09. The lowest BCUT2D eigenvalue weighted by molar-refractivity contribution is -0.132. The van der Waals surface area contributed by atoms with E-state index in [-0.39, 0.29) is 30.5 Å². The maximum atomic E-state index is 13.1. The van der Waals surface area contributed by atoms with Gasteiger partial charge in [-0.25, -0.2) is 4.98 Å². The maximum absolute atomic E-state index is 13.1. The molecule has 10 nitrogen and oxygen atoms in total. The normalized spacial score (nSPS) is 20.0. The Balaban J connectivity index is 2.22. The van der Waals surface area contributed by atoms with Gasteiger partial charge < -0.3 is 26.4 Å². The molecule has 30 heavy (non-hydrogen) atoms. The first-order valence-corrected chi connectivity index (χ1v) is 10.7. The van der Waals surface area contributed by atoms with E-state index in [4.69, 9.17) is 10.8 Å². The quantitative estimate of drug-likeness (QED) is 0.430. The molecule has 2 heterocycles. The summed E-state index contributed by atoms with van der Waals surface area (Å²) in [6, 6.07) is -2.16. The number of likely N-dealkylation sites (tertiary alicyclic amines) is 1. The number of rotatable bonds is 8. The van der Waals surface area contributed by atoms with Gasteiger partial charge in [0, 0.05) is 18.0 Å². The molecule has 1 aromatic heterocycles. The van der Waals surface area contributed by atoms with Gasteiger partial charge in [0.15, 0.2) is 0 Å². The zero-order chi connectivity index (χ0) is 22.4. The first-order valence-electron chi connectivity index (χ1n) is 9.85. The van der Waals surface area contributed by atoms with E-state index in [1.54, 1.807) is 12.3 Å². The monoisotopic (exact) mass is 439 g/mol. The molecule has 1 aromatic rings. The number of carbonyl (C=O) groups is 4. The van der Waals surface area contributed by atoms with Crippen LogP contribution in [0.4, 0.5) is 0 Å². The number of carbonyl (C=O) groups excluding carboxylic acids is 4. The number of nitrogens with zero attached hydrogens (tertiary/aromatic N) is 2. The summed E-state index contributed by atoms with van der Waals surface area (Å²) in [7, 11) is 0. The molecule has 3 atom stereocenters. The van der Waals surface area contributed by atoms with Gasteiger partial charge in [0.1, 0.15) is 24.4 Å². The number of piperidine rings is 1. The fourth-order valence-corrected chi connectivity index (χ4v) is 4.04. The number of primary amides is 1. The lowest BCUT2D eigenvalue weighted by atomic mass is 9.95. The van der Waals surface area contributed by atoms with Crippen LogP contribution in [-0.4, -0.2) is 69.9 Å². The molecular formula is C19H29N5O5S. The number of amides is 4. The van der Waals surface area contributed by atoms with Crippen LogP contribution in [0.5, 0.6) is 0 Å². The lowest BCUT2D eigenvalue weighted by Crippen LogP contribution is -2.59. The molecule has 0 spiro atoms. The van der Waals surface area contributed by atoms with Crippen molar-refractivity contribution in [2.24, 2.45) is 11.7 Å². The van der Waals surface area contributed by atoms with E-state index in [2.05, 4.69) is 15.6 Å². The van der Waals surface area contributed by atoms with Crippen LogP contribution in [0.1, 0.15) is 48.6 Å². The number of aliphatic hydroxyl groups is 1. The Morgan fingerprint density at radius 2 is 2.07 bits per heavy atom. The highest BCUT2D eigenvalue weighted by atomic mass is 32.1. The SMILES string of the molecule is Cc1nc(C(=O)N2CCC(NC(=O)CO)CC2C(=O)NC(CC(C)C)C(N)=O)cs1. The van der Waals surface area contributed by atoms with Gasteiger partial charge in [0.25, 0.3) is 5.91 Å². The van der Waals surface area contributed by atoms with Gasteiger partial charge >= 0.3 is 0 Å². The second-order valence-corrected chi connectivity index (χ2v) is 8.87. The van der Waals surface area contributed by atoms with E-state index in [9.17, 15) is 19.2 Å². The van der Waals surface area contributed by atoms with Crippen molar-refractivity contribution in [2.45, 2.75) is 58.2 Å². The van der Waals surface area contributed by atoms with Crippen LogP contribution >= 0.6 is 11.3 Å². The number of aromatic nitrogens is 1. The van der Waals surface area contributed by atoms with Gasteiger partial charge in [-0.05, 0) is 32.1 Å². The number of nitrogens with two attached hydrogens (primary N) is 1. The van der Waals surface area contributed by atoms with Crippen LogP contribution in [0.3, 0.4) is 0 Å². The number of hydrogen-bond acceptors (Lipinski definition) is 7. The van der Waals surface area contributed by atoms with E-state index in [1.165, 1.54) is 16.2 Å². The summed E-state index contributed by atoms with van der Waals surface area (Å²) in [6.45, 7) is 5.15. The van der Waals surface area contributed by atoms with E-state index in [0.29, 0.717) is 12.8 Å². The number of aliphatic hydroxyl groups excluding tert-OH is 1. The van der Waals surface area contributed by atoms with Crippen molar-refractivity contribution >= 4 is 35.0 Å². The van der Waals surface area contributed by atoms with Crippen molar-refractivity contribution in [3.8, 4) is 0 Å². The maximum Gasteiger partial charge on any atom is 0.274 e. The summed E-state index contributed by atoms with van der Waals surface area (Å²) in [6.07, 6.45) is 0.951. The minimum atomic E-state index is -0.911. The molecule has 1 aliphatic heterocycles. The van der Waals surface area contributed by atoms with Crippen molar-refractivity contribution in [1.29, 1.82) is 0 Å². The first kappa shape index (κ1) is 23.7. The van der Waals surface area contributed by atoms with Crippen LogP contribution in [0.2, 0.25) is 0 Å². The minimum absolute atomic E-state index is 0.126. The third-order valence-corrected chi connectivity index (χ3v) is 5.65. The molecule has 5 N–H and O–H groups in total. The van der Waals surface area contributed by atoms with E-state index in [0.717, 1.165) is 5.01 Å². The Morgan fingerprint density at radius 1 is 1.37 bits per heavy atom. The second kappa shape index (κ2) is 10.5. The number of hydrogen-bond donors (Lipinski definition) is 4. The summed E-state index contributed by atoms with van der Waals surface area (Å²) < 4.78 is 0. The average molecular weight is 440 g/mol. The predicted octanol–water partition coefficient (Wildman–Crippen LogP) is -0.451. The largest absolute Gasteiger partial charge is 0.387 e. The summed E-state index contributed by atoms with van der Waals surface area (Å²) in [5.74, 6) is -1.97. The van der Waals surface area contributed by atoms with Crippen LogP contribution in [0, 0.1) is 12.8 Å².